The van der Waals surface area contributed by atoms with Gasteiger partial charge < -0.3 is 9.84 Å². The molecule has 7 rings (SSSR count). The third-order valence-corrected chi connectivity index (χ3v) is 9.38. The van der Waals surface area contributed by atoms with Crippen LogP contribution in [0.5, 0.6) is 0 Å². The number of benzene rings is 2. The molecule has 3 heterocycles. The van der Waals surface area contributed by atoms with Gasteiger partial charge in [0.2, 0.25) is 5.78 Å². The molecule has 2 aromatic carbocycles. The van der Waals surface area contributed by atoms with E-state index in [4.69, 9.17) is 9.26 Å². The van der Waals surface area contributed by atoms with Crippen LogP contribution >= 0.6 is 0 Å². The zero-order valence-electron chi connectivity index (χ0n) is 25.4. The van der Waals surface area contributed by atoms with Gasteiger partial charge in [-0.3, -0.25) is 18.9 Å². The first-order chi connectivity index (χ1) is 22.0. The first kappa shape index (κ1) is 29.4. The molecule has 2 N–H and O–H groups in total. The third-order valence-electron chi connectivity index (χ3n) is 9.38. The van der Waals surface area contributed by atoms with Crippen LogP contribution in [0.3, 0.4) is 0 Å². The van der Waals surface area contributed by atoms with Crippen molar-refractivity contribution >= 4 is 5.78 Å². The predicted molar refractivity (Wildman–Crippen MR) is 168 cm³/mol. The summed E-state index contributed by atoms with van der Waals surface area (Å²) in [5, 5.41) is 18.7. The summed E-state index contributed by atoms with van der Waals surface area (Å²) in [6.45, 7) is 2.11. The molecule has 0 aliphatic heterocycles. The van der Waals surface area contributed by atoms with Gasteiger partial charge in [-0.25, -0.2) is 9.31 Å². The minimum absolute atomic E-state index is 0.000979. The number of aliphatic hydroxyl groups is 1. The Labute approximate surface area is 259 Å². The van der Waals surface area contributed by atoms with Crippen molar-refractivity contribution in [3.05, 3.63) is 92.6 Å². The van der Waals surface area contributed by atoms with Gasteiger partial charge in [-0.05, 0) is 68.1 Å². The van der Waals surface area contributed by atoms with E-state index in [1.165, 1.54) is 0 Å². The molecule has 0 bridgehead atoms. The average Bonchev–Trinajstić information content (AvgIpc) is 3.82. The zero-order chi connectivity index (χ0) is 30.9. The fraction of sp³-hybridized carbons (Fsp3) is 0.441. The van der Waals surface area contributed by atoms with Gasteiger partial charge in [-0.2, -0.15) is 10.1 Å². The van der Waals surface area contributed by atoms with E-state index < -0.39 is 5.76 Å². The minimum atomic E-state index is -0.599. The number of fused-ring (bicyclic) bond motifs is 1. The number of hydrogen-bond donors (Lipinski definition) is 2. The summed E-state index contributed by atoms with van der Waals surface area (Å²) in [7, 11) is 0. The topological polar surface area (TPSA) is 141 Å². The SMILES string of the molecule is CCCc1c(Cc2ccc(-c3ccccc3-c3noc(=O)[nH]3)cc2)c(=O)n(C2CCC(O[C@@H]3CCC[C@@H]3O)CC2)c2ncnn12. The normalized spacial score (nSPS) is 21.9. The largest absolute Gasteiger partial charge is 0.439 e. The first-order valence-electron chi connectivity index (χ1n) is 16.0. The second-order valence-corrected chi connectivity index (χ2v) is 12.3. The molecule has 0 amide bonds. The van der Waals surface area contributed by atoms with Crippen molar-refractivity contribution in [3.8, 4) is 22.5 Å². The minimum Gasteiger partial charge on any atom is -0.390 e. The van der Waals surface area contributed by atoms with Gasteiger partial charge in [0.05, 0.1) is 24.0 Å². The number of ether oxygens (including phenoxy) is 1. The Kier molecular flexibility index (Phi) is 8.20. The summed E-state index contributed by atoms with van der Waals surface area (Å²) in [5.74, 6) is 0.376. The quantitative estimate of drug-likeness (QED) is 0.241. The maximum atomic E-state index is 14.3. The van der Waals surface area contributed by atoms with Gasteiger partial charge in [-0.15, -0.1) is 0 Å². The summed E-state index contributed by atoms with van der Waals surface area (Å²) >= 11 is 0. The highest BCUT2D eigenvalue weighted by molar-refractivity contribution is 5.80. The highest BCUT2D eigenvalue weighted by atomic mass is 16.5. The van der Waals surface area contributed by atoms with Crippen molar-refractivity contribution in [3.63, 3.8) is 0 Å². The van der Waals surface area contributed by atoms with Crippen molar-refractivity contribution < 1.29 is 14.4 Å². The maximum Gasteiger partial charge on any atom is 0.439 e. The Morgan fingerprint density at radius 3 is 2.47 bits per heavy atom. The number of nitrogens with one attached hydrogen (secondary N) is 1. The molecule has 0 radical (unpaired) electrons. The van der Waals surface area contributed by atoms with E-state index in [1.807, 2.05) is 57.6 Å². The van der Waals surface area contributed by atoms with Crippen LogP contribution in [0.2, 0.25) is 0 Å². The van der Waals surface area contributed by atoms with E-state index in [2.05, 4.69) is 27.1 Å². The number of hydrogen-bond acceptors (Lipinski definition) is 8. The maximum absolute atomic E-state index is 14.3. The number of aliphatic hydroxyl groups excluding tert-OH is 1. The van der Waals surface area contributed by atoms with Crippen LogP contribution in [-0.4, -0.2) is 52.7 Å². The molecule has 2 saturated carbocycles. The van der Waals surface area contributed by atoms with E-state index in [1.54, 1.807) is 6.33 Å². The highest BCUT2D eigenvalue weighted by Gasteiger charge is 2.32. The van der Waals surface area contributed by atoms with Crippen molar-refractivity contribution in [1.29, 1.82) is 0 Å². The third kappa shape index (κ3) is 5.78. The van der Waals surface area contributed by atoms with E-state index in [9.17, 15) is 14.7 Å². The Morgan fingerprint density at radius 2 is 1.78 bits per heavy atom. The molecule has 11 nitrogen and oxygen atoms in total. The van der Waals surface area contributed by atoms with Crippen LogP contribution in [0.4, 0.5) is 0 Å². The van der Waals surface area contributed by atoms with Crippen LogP contribution < -0.4 is 11.3 Å². The summed E-state index contributed by atoms with van der Waals surface area (Å²) in [6, 6.07) is 15.8. The van der Waals surface area contributed by atoms with Gasteiger partial charge in [0.15, 0.2) is 5.82 Å². The molecular weight excluding hydrogens is 572 g/mol. The van der Waals surface area contributed by atoms with Gasteiger partial charge >= 0.3 is 5.76 Å². The Balaban J connectivity index is 1.17. The number of aromatic nitrogens is 6. The average molecular weight is 611 g/mol. The molecule has 2 aliphatic carbocycles. The number of H-pyrrole nitrogens is 1. The van der Waals surface area contributed by atoms with E-state index >= 15 is 0 Å². The van der Waals surface area contributed by atoms with E-state index in [0.29, 0.717) is 18.0 Å². The summed E-state index contributed by atoms with van der Waals surface area (Å²) in [6.07, 6.45) is 9.34. The lowest BCUT2D eigenvalue weighted by molar-refractivity contribution is -0.0765. The van der Waals surface area contributed by atoms with Gasteiger partial charge in [-0.1, -0.05) is 67.0 Å². The first-order valence-corrected chi connectivity index (χ1v) is 16.0. The summed E-state index contributed by atoms with van der Waals surface area (Å²) in [5.41, 5.74) is 5.30. The molecule has 11 heteroatoms. The van der Waals surface area contributed by atoms with Gasteiger partial charge in [0.25, 0.3) is 5.56 Å². The van der Waals surface area contributed by atoms with E-state index in [0.717, 1.165) is 91.3 Å². The standard InChI is InChI=1S/C34H38N6O5/c1-2-6-28-27(19-21-11-13-22(14-12-21)25-7-3-4-8-26(25)31-37-34(43)45-38-31)32(42)39(33-35-20-36-40(28)33)23-15-17-24(18-16-23)44-30-10-5-9-29(30)41/h3-4,7-8,11-14,20,23-24,29-30,41H,2,5-6,9-10,15-19H2,1H3,(H,37,38,43)/t23?,24?,29-,30+/m0/s1. The van der Waals surface area contributed by atoms with Crippen LogP contribution in [0.1, 0.15) is 81.2 Å². The van der Waals surface area contributed by atoms with Gasteiger partial charge in [0, 0.05) is 23.6 Å². The molecule has 2 fully saturated rings. The number of aryl methyl sites for hydroxylation is 1. The molecule has 234 valence electrons. The zero-order valence-corrected chi connectivity index (χ0v) is 25.4. The monoisotopic (exact) mass is 610 g/mol. The molecule has 5 aromatic rings. The summed E-state index contributed by atoms with van der Waals surface area (Å²) in [4.78, 5) is 33.1. The molecule has 0 saturated heterocycles. The number of nitrogens with zero attached hydrogens (tertiary/aromatic N) is 5. The lowest BCUT2D eigenvalue weighted by Gasteiger charge is -2.32. The Bertz CT molecular complexity index is 1900. The summed E-state index contributed by atoms with van der Waals surface area (Å²) < 4.78 is 14.7. The van der Waals surface area contributed by atoms with Crippen molar-refractivity contribution in [2.24, 2.45) is 0 Å². The number of aromatic amines is 1. The van der Waals surface area contributed by atoms with Crippen LogP contribution in [0.15, 0.2) is 69.0 Å². The fourth-order valence-electron chi connectivity index (χ4n) is 7.12. The lowest BCUT2D eigenvalue weighted by atomic mass is 9.92. The molecular formula is C34H38N6O5. The highest BCUT2D eigenvalue weighted by Crippen LogP contribution is 2.34. The lowest BCUT2D eigenvalue weighted by Crippen LogP contribution is -2.36. The molecule has 45 heavy (non-hydrogen) atoms. The van der Waals surface area contributed by atoms with Crippen LogP contribution in [-0.2, 0) is 17.6 Å². The Morgan fingerprint density at radius 1 is 1.00 bits per heavy atom. The van der Waals surface area contributed by atoms with Crippen molar-refractivity contribution in [2.75, 3.05) is 0 Å². The molecule has 2 atom stereocenters. The fourth-order valence-corrected chi connectivity index (χ4v) is 7.12. The van der Waals surface area contributed by atoms with Crippen molar-refractivity contribution in [2.45, 2.75) is 95.5 Å². The second-order valence-electron chi connectivity index (χ2n) is 12.3. The van der Waals surface area contributed by atoms with Crippen LogP contribution in [0.25, 0.3) is 28.3 Å². The van der Waals surface area contributed by atoms with Crippen molar-refractivity contribution in [1.82, 2.24) is 29.3 Å². The predicted octanol–water partition coefficient (Wildman–Crippen LogP) is 4.86. The Hall–Kier alpha value is -4.35. The van der Waals surface area contributed by atoms with Gasteiger partial charge in [0.1, 0.15) is 6.33 Å². The second kappa shape index (κ2) is 12.6. The molecule has 2 aliphatic rings. The molecule has 0 spiro atoms. The number of rotatable bonds is 9. The van der Waals surface area contributed by atoms with E-state index in [-0.39, 0.29) is 29.9 Å². The molecule has 0 unspecified atom stereocenters. The molecule has 3 aromatic heterocycles. The smallest absolute Gasteiger partial charge is 0.390 e. The van der Waals surface area contributed by atoms with Crippen LogP contribution in [0, 0.1) is 0 Å².